The third kappa shape index (κ3) is 1.61. The normalized spacial score (nSPS) is 37.9. The van der Waals surface area contributed by atoms with Crippen LogP contribution in [0.4, 0.5) is 0 Å². The van der Waals surface area contributed by atoms with Gasteiger partial charge in [-0.15, -0.1) is 0 Å². The van der Waals surface area contributed by atoms with Crippen LogP contribution >= 0.6 is 15.9 Å². The van der Waals surface area contributed by atoms with Gasteiger partial charge in [0.1, 0.15) is 11.5 Å². The molecule has 24 heavy (non-hydrogen) atoms. The van der Waals surface area contributed by atoms with Gasteiger partial charge in [-0.3, -0.25) is 0 Å². The van der Waals surface area contributed by atoms with E-state index in [2.05, 4.69) is 58.4 Å². The molecule has 2 aromatic rings. The highest BCUT2D eigenvalue weighted by Gasteiger charge is 2.61. The van der Waals surface area contributed by atoms with Crippen LogP contribution in [0.3, 0.4) is 0 Å². The molecule has 1 heterocycles. The fraction of sp³-hybridized carbons (Fsp3) is 0.455. The molecule has 7 rings (SSSR count). The van der Waals surface area contributed by atoms with E-state index in [0.717, 1.165) is 35.2 Å². The van der Waals surface area contributed by atoms with Gasteiger partial charge >= 0.3 is 0 Å². The average Bonchev–Trinajstić information content (AvgIpc) is 2.58. The summed E-state index contributed by atoms with van der Waals surface area (Å²) in [6.07, 6.45) is 7.13. The largest absolute Gasteiger partial charge is 0.457 e. The minimum atomic E-state index is 0.182. The smallest absolute Gasteiger partial charge is 0.131 e. The SMILES string of the molecule is Brc1ccc2c(c1)C1(c3ccccc3O2)C2CC3CC(C2)CC1C3. The van der Waals surface area contributed by atoms with Crippen LogP contribution in [0.2, 0.25) is 0 Å². The van der Waals surface area contributed by atoms with Gasteiger partial charge in [-0.1, -0.05) is 34.1 Å². The molecular weight excluding hydrogens is 360 g/mol. The van der Waals surface area contributed by atoms with Crippen LogP contribution in [0.15, 0.2) is 46.9 Å². The summed E-state index contributed by atoms with van der Waals surface area (Å²) in [6.45, 7) is 0. The highest BCUT2D eigenvalue weighted by Crippen LogP contribution is 2.68. The highest BCUT2D eigenvalue weighted by atomic mass is 79.9. The third-order valence-corrected chi connectivity index (χ3v) is 7.86. The van der Waals surface area contributed by atoms with E-state index in [4.69, 9.17) is 4.74 Å². The van der Waals surface area contributed by atoms with Crippen molar-refractivity contribution in [1.82, 2.24) is 0 Å². The summed E-state index contributed by atoms with van der Waals surface area (Å²) in [7, 11) is 0. The summed E-state index contributed by atoms with van der Waals surface area (Å²) >= 11 is 3.73. The van der Waals surface area contributed by atoms with Crippen molar-refractivity contribution in [3.63, 3.8) is 0 Å². The molecule has 4 saturated carbocycles. The zero-order valence-corrected chi connectivity index (χ0v) is 15.3. The first kappa shape index (κ1) is 13.9. The van der Waals surface area contributed by atoms with Crippen LogP contribution in [-0.2, 0) is 5.41 Å². The Bertz CT molecular complexity index is 812. The number of fused-ring (bicyclic) bond motifs is 2. The number of rotatable bonds is 0. The van der Waals surface area contributed by atoms with E-state index in [9.17, 15) is 0 Å². The summed E-state index contributed by atoms with van der Waals surface area (Å²) in [4.78, 5) is 0. The summed E-state index contributed by atoms with van der Waals surface area (Å²) in [6, 6.07) is 15.5. The maximum atomic E-state index is 6.34. The van der Waals surface area contributed by atoms with E-state index in [-0.39, 0.29) is 5.41 Å². The molecule has 4 aliphatic carbocycles. The Morgan fingerprint density at radius 3 is 2.21 bits per heavy atom. The standard InChI is InChI=1S/C22H21BrO/c23-17-5-6-21-19(12-17)22(18-3-1-2-4-20(18)24-21)15-8-13-7-14(10-15)11-16(22)9-13/h1-6,12-16H,7-11H2. The molecule has 122 valence electrons. The molecule has 1 nitrogen and oxygen atoms in total. The van der Waals surface area contributed by atoms with E-state index < -0.39 is 0 Å². The van der Waals surface area contributed by atoms with E-state index in [1.54, 1.807) is 0 Å². The van der Waals surface area contributed by atoms with Crippen molar-refractivity contribution in [2.75, 3.05) is 0 Å². The molecule has 0 amide bonds. The average molecular weight is 381 g/mol. The lowest BCUT2D eigenvalue weighted by Gasteiger charge is -2.63. The summed E-state index contributed by atoms with van der Waals surface area (Å²) < 4.78 is 7.52. The minimum absolute atomic E-state index is 0.182. The Kier molecular flexibility index (Phi) is 2.71. The molecular formula is C22H21BrO. The van der Waals surface area contributed by atoms with Gasteiger partial charge in [-0.05, 0) is 80.0 Å². The lowest BCUT2D eigenvalue weighted by Crippen LogP contribution is -2.56. The first-order chi connectivity index (χ1) is 11.7. The predicted octanol–water partition coefficient (Wildman–Crippen LogP) is 6.30. The van der Waals surface area contributed by atoms with Crippen molar-refractivity contribution in [2.24, 2.45) is 23.7 Å². The van der Waals surface area contributed by atoms with Crippen LogP contribution in [0, 0.1) is 23.7 Å². The van der Waals surface area contributed by atoms with Gasteiger partial charge < -0.3 is 4.74 Å². The van der Waals surface area contributed by atoms with Gasteiger partial charge in [0, 0.05) is 21.0 Å². The Hall–Kier alpha value is -1.28. The maximum absolute atomic E-state index is 6.34. The van der Waals surface area contributed by atoms with Gasteiger partial charge in [0.15, 0.2) is 0 Å². The lowest BCUT2D eigenvalue weighted by molar-refractivity contribution is -0.0452. The van der Waals surface area contributed by atoms with Crippen molar-refractivity contribution in [2.45, 2.75) is 37.5 Å². The van der Waals surface area contributed by atoms with Crippen molar-refractivity contribution in [3.8, 4) is 11.5 Å². The Labute approximate surface area is 151 Å². The molecule has 0 aromatic heterocycles. The second-order valence-corrected chi connectivity index (χ2v) is 9.33. The monoisotopic (exact) mass is 380 g/mol. The van der Waals surface area contributed by atoms with E-state index >= 15 is 0 Å². The minimum Gasteiger partial charge on any atom is -0.457 e. The van der Waals surface area contributed by atoms with Crippen LogP contribution < -0.4 is 4.74 Å². The fourth-order valence-electron chi connectivity index (χ4n) is 6.88. The fourth-order valence-corrected chi connectivity index (χ4v) is 7.24. The van der Waals surface area contributed by atoms with Crippen molar-refractivity contribution in [3.05, 3.63) is 58.1 Å². The van der Waals surface area contributed by atoms with Crippen LogP contribution in [-0.4, -0.2) is 0 Å². The zero-order chi connectivity index (χ0) is 15.9. The van der Waals surface area contributed by atoms with E-state index in [1.165, 1.54) is 47.7 Å². The van der Waals surface area contributed by atoms with Gasteiger partial charge in [0.2, 0.25) is 0 Å². The van der Waals surface area contributed by atoms with E-state index in [1.807, 2.05) is 0 Å². The number of halogens is 1. The molecule has 4 fully saturated rings. The quantitative estimate of drug-likeness (QED) is 0.521. The second kappa shape index (κ2) is 4.66. The highest BCUT2D eigenvalue weighted by molar-refractivity contribution is 9.10. The predicted molar refractivity (Wildman–Crippen MR) is 98.5 cm³/mol. The Morgan fingerprint density at radius 2 is 1.46 bits per heavy atom. The second-order valence-electron chi connectivity index (χ2n) is 8.41. The molecule has 0 unspecified atom stereocenters. The number of benzene rings is 2. The van der Waals surface area contributed by atoms with Gasteiger partial charge in [-0.2, -0.15) is 0 Å². The van der Waals surface area contributed by atoms with Crippen LogP contribution in [0.5, 0.6) is 11.5 Å². The van der Waals surface area contributed by atoms with Gasteiger partial charge in [-0.25, -0.2) is 0 Å². The van der Waals surface area contributed by atoms with Crippen molar-refractivity contribution >= 4 is 15.9 Å². The lowest BCUT2D eigenvalue weighted by atomic mass is 9.42. The first-order valence-electron chi connectivity index (χ1n) is 9.32. The summed E-state index contributed by atoms with van der Waals surface area (Å²) in [5.74, 6) is 5.70. The number of hydrogen-bond donors (Lipinski definition) is 0. The molecule has 5 aliphatic rings. The van der Waals surface area contributed by atoms with Crippen molar-refractivity contribution in [1.29, 1.82) is 0 Å². The molecule has 2 heteroatoms. The molecule has 0 radical (unpaired) electrons. The van der Waals surface area contributed by atoms with Crippen LogP contribution in [0.1, 0.15) is 43.2 Å². The van der Waals surface area contributed by atoms with Crippen molar-refractivity contribution < 1.29 is 4.74 Å². The number of hydrogen-bond acceptors (Lipinski definition) is 1. The molecule has 0 atom stereocenters. The molecule has 2 aromatic carbocycles. The van der Waals surface area contributed by atoms with E-state index in [0.29, 0.717) is 0 Å². The number of para-hydroxylation sites is 1. The number of ether oxygens (including phenoxy) is 1. The Balaban J connectivity index is 1.67. The summed E-state index contributed by atoms with van der Waals surface area (Å²) in [5.41, 5.74) is 3.09. The molecule has 1 spiro atoms. The molecule has 0 saturated heterocycles. The molecule has 1 aliphatic heterocycles. The van der Waals surface area contributed by atoms with Gasteiger partial charge in [0.25, 0.3) is 0 Å². The topological polar surface area (TPSA) is 9.23 Å². The Morgan fingerprint density at radius 1 is 0.792 bits per heavy atom. The third-order valence-electron chi connectivity index (χ3n) is 7.37. The summed E-state index contributed by atoms with van der Waals surface area (Å²) in [5, 5.41) is 0. The molecule has 0 N–H and O–H groups in total. The van der Waals surface area contributed by atoms with Gasteiger partial charge in [0.05, 0.1) is 0 Å². The van der Waals surface area contributed by atoms with Crippen LogP contribution in [0.25, 0.3) is 0 Å². The first-order valence-corrected chi connectivity index (χ1v) is 10.1. The molecule has 4 bridgehead atoms. The maximum Gasteiger partial charge on any atom is 0.131 e. The zero-order valence-electron chi connectivity index (χ0n) is 13.7.